The highest BCUT2D eigenvalue weighted by molar-refractivity contribution is 7.89. The van der Waals surface area contributed by atoms with Crippen LogP contribution in [0.1, 0.15) is 5.56 Å². The molecule has 0 spiro atoms. The second kappa shape index (κ2) is 6.73. The maximum Gasteiger partial charge on any atom is 0.244 e. The van der Waals surface area contributed by atoms with E-state index in [1.54, 1.807) is 24.3 Å². The Hall–Kier alpha value is -2.17. The van der Waals surface area contributed by atoms with Crippen molar-refractivity contribution in [3.05, 3.63) is 73.9 Å². The third kappa shape index (κ3) is 3.03. The van der Waals surface area contributed by atoms with Gasteiger partial charge in [0.1, 0.15) is 0 Å². The lowest BCUT2D eigenvalue weighted by Gasteiger charge is -2.20. The SMILES string of the molecule is C=CCN(CC=C)S(=O)(=O)c1cc(C=C)cc2ccccc12. The minimum Gasteiger partial charge on any atom is -0.207 e. The molecule has 0 N–H and O–H groups in total. The molecule has 0 saturated heterocycles. The summed E-state index contributed by atoms with van der Waals surface area (Å²) < 4.78 is 27.3. The summed E-state index contributed by atoms with van der Waals surface area (Å²) in [6, 6.07) is 11.0. The summed E-state index contributed by atoms with van der Waals surface area (Å²) in [5.74, 6) is 0. The fourth-order valence-electron chi connectivity index (χ4n) is 2.33. The van der Waals surface area contributed by atoms with E-state index in [-0.39, 0.29) is 18.0 Å². The van der Waals surface area contributed by atoms with E-state index in [1.165, 1.54) is 4.31 Å². The molecule has 0 unspecified atom stereocenters. The van der Waals surface area contributed by atoms with Gasteiger partial charge in [0.05, 0.1) is 4.90 Å². The highest BCUT2D eigenvalue weighted by Crippen LogP contribution is 2.28. The molecule has 0 aliphatic heterocycles. The Morgan fingerprint density at radius 2 is 1.64 bits per heavy atom. The molecular formula is C18H19NO2S. The van der Waals surface area contributed by atoms with Crippen molar-refractivity contribution in [3.63, 3.8) is 0 Å². The smallest absolute Gasteiger partial charge is 0.207 e. The van der Waals surface area contributed by atoms with Crippen molar-refractivity contribution in [2.45, 2.75) is 4.90 Å². The molecule has 2 aromatic rings. The van der Waals surface area contributed by atoms with Crippen molar-refractivity contribution in [1.29, 1.82) is 0 Å². The monoisotopic (exact) mass is 313 g/mol. The summed E-state index contributed by atoms with van der Waals surface area (Å²) >= 11 is 0. The number of sulfonamides is 1. The van der Waals surface area contributed by atoms with Gasteiger partial charge < -0.3 is 0 Å². The van der Waals surface area contributed by atoms with Gasteiger partial charge in [-0.3, -0.25) is 0 Å². The summed E-state index contributed by atoms with van der Waals surface area (Å²) in [4.78, 5) is 0.282. The van der Waals surface area contributed by atoms with Crippen LogP contribution in [-0.2, 0) is 10.0 Å². The Morgan fingerprint density at radius 1 is 1.00 bits per heavy atom. The van der Waals surface area contributed by atoms with Crippen molar-refractivity contribution in [2.24, 2.45) is 0 Å². The highest BCUT2D eigenvalue weighted by atomic mass is 32.2. The summed E-state index contributed by atoms with van der Waals surface area (Å²) in [7, 11) is -3.64. The van der Waals surface area contributed by atoms with Gasteiger partial charge in [0, 0.05) is 18.5 Å². The fourth-order valence-corrected chi connectivity index (χ4v) is 3.96. The van der Waals surface area contributed by atoms with Gasteiger partial charge >= 0.3 is 0 Å². The molecule has 0 radical (unpaired) electrons. The lowest BCUT2D eigenvalue weighted by Crippen LogP contribution is -2.31. The van der Waals surface area contributed by atoms with Gasteiger partial charge in [0.25, 0.3) is 0 Å². The molecule has 0 aromatic heterocycles. The molecule has 0 heterocycles. The number of benzene rings is 2. The van der Waals surface area contributed by atoms with Crippen LogP contribution >= 0.6 is 0 Å². The Labute approximate surface area is 131 Å². The lowest BCUT2D eigenvalue weighted by molar-refractivity contribution is 0.475. The minimum absolute atomic E-state index is 0.237. The number of nitrogens with zero attached hydrogens (tertiary/aromatic N) is 1. The van der Waals surface area contributed by atoms with Crippen LogP contribution in [0.3, 0.4) is 0 Å². The zero-order valence-corrected chi connectivity index (χ0v) is 13.2. The summed E-state index contributed by atoms with van der Waals surface area (Å²) in [6.45, 7) is 11.5. The first-order valence-corrected chi connectivity index (χ1v) is 8.35. The maximum absolute atomic E-state index is 13.0. The van der Waals surface area contributed by atoms with Crippen LogP contribution in [0.5, 0.6) is 0 Å². The van der Waals surface area contributed by atoms with E-state index in [1.807, 2.05) is 30.3 Å². The van der Waals surface area contributed by atoms with Crippen LogP contribution in [0.4, 0.5) is 0 Å². The average Bonchev–Trinajstić information content (AvgIpc) is 2.53. The van der Waals surface area contributed by atoms with Crippen LogP contribution < -0.4 is 0 Å². The van der Waals surface area contributed by atoms with Crippen molar-refractivity contribution in [1.82, 2.24) is 4.31 Å². The molecular weight excluding hydrogens is 294 g/mol. The van der Waals surface area contributed by atoms with Gasteiger partial charge in [-0.05, 0) is 23.1 Å². The number of hydrogen-bond acceptors (Lipinski definition) is 2. The third-order valence-corrected chi connectivity index (χ3v) is 5.24. The van der Waals surface area contributed by atoms with Gasteiger partial charge in [-0.1, -0.05) is 49.1 Å². The first-order chi connectivity index (χ1) is 10.5. The van der Waals surface area contributed by atoms with Crippen LogP contribution in [-0.4, -0.2) is 25.8 Å². The van der Waals surface area contributed by atoms with Crippen LogP contribution in [0.2, 0.25) is 0 Å². The number of hydrogen-bond donors (Lipinski definition) is 0. The topological polar surface area (TPSA) is 37.4 Å². The largest absolute Gasteiger partial charge is 0.244 e. The van der Waals surface area contributed by atoms with Gasteiger partial charge in [-0.25, -0.2) is 8.42 Å². The van der Waals surface area contributed by atoms with E-state index < -0.39 is 10.0 Å². The van der Waals surface area contributed by atoms with E-state index in [9.17, 15) is 8.42 Å². The van der Waals surface area contributed by atoms with E-state index >= 15 is 0 Å². The predicted molar refractivity (Wildman–Crippen MR) is 93.2 cm³/mol. The summed E-state index contributed by atoms with van der Waals surface area (Å²) in [6.07, 6.45) is 4.79. The van der Waals surface area contributed by atoms with Crippen LogP contribution in [0.25, 0.3) is 16.8 Å². The Balaban J connectivity index is 2.72. The van der Waals surface area contributed by atoms with E-state index in [2.05, 4.69) is 19.7 Å². The van der Waals surface area contributed by atoms with E-state index in [4.69, 9.17) is 0 Å². The first kappa shape index (κ1) is 16.2. The standard InChI is InChI=1S/C18H19NO2S/c1-4-11-19(12-5-2)22(20,21)18-14-15(6-3)13-16-9-7-8-10-17(16)18/h4-10,13-14H,1-3,11-12H2. The molecule has 2 rings (SSSR count). The molecule has 0 bridgehead atoms. The summed E-state index contributed by atoms with van der Waals surface area (Å²) in [5, 5.41) is 1.57. The normalized spacial score (nSPS) is 11.5. The molecule has 0 aliphatic carbocycles. The van der Waals surface area contributed by atoms with E-state index in [0.717, 1.165) is 10.9 Å². The number of fused-ring (bicyclic) bond motifs is 1. The lowest BCUT2D eigenvalue weighted by atomic mass is 10.1. The molecule has 0 saturated carbocycles. The quantitative estimate of drug-likeness (QED) is 0.728. The zero-order chi connectivity index (χ0) is 16.2. The fraction of sp³-hybridized carbons (Fsp3) is 0.111. The molecule has 0 amide bonds. The van der Waals surface area contributed by atoms with Gasteiger partial charge in [-0.15, -0.1) is 13.2 Å². The molecule has 4 heteroatoms. The Bertz CT molecular complexity index is 812. The highest BCUT2D eigenvalue weighted by Gasteiger charge is 2.24. The molecule has 2 aromatic carbocycles. The summed E-state index contributed by atoms with van der Waals surface area (Å²) in [5.41, 5.74) is 0.773. The first-order valence-electron chi connectivity index (χ1n) is 6.91. The van der Waals surface area contributed by atoms with Gasteiger partial charge in [0.2, 0.25) is 10.0 Å². The average molecular weight is 313 g/mol. The molecule has 22 heavy (non-hydrogen) atoms. The molecule has 0 atom stereocenters. The third-order valence-electron chi connectivity index (χ3n) is 3.37. The Morgan fingerprint density at radius 3 is 2.23 bits per heavy atom. The van der Waals surface area contributed by atoms with Gasteiger partial charge in [-0.2, -0.15) is 4.31 Å². The Kier molecular flexibility index (Phi) is 4.96. The van der Waals surface area contributed by atoms with Crippen molar-refractivity contribution >= 4 is 26.9 Å². The molecule has 0 aliphatic rings. The van der Waals surface area contributed by atoms with E-state index in [0.29, 0.717) is 5.39 Å². The minimum atomic E-state index is -3.64. The van der Waals surface area contributed by atoms with Crippen LogP contribution in [0.15, 0.2) is 73.2 Å². The maximum atomic E-state index is 13.0. The zero-order valence-electron chi connectivity index (χ0n) is 12.4. The number of rotatable bonds is 7. The van der Waals surface area contributed by atoms with Crippen molar-refractivity contribution < 1.29 is 8.42 Å². The van der Waals surface area contributed by atoms with Gasteiger partial charge in [0.15, 0.2) is 0 Å². The molecule has 3 nitrogen and oxygen atoms in total. The molecule has 114 valence electrons. The van der Waals surface area contributed by atoms with Crippen molar-refractivity contribution in [2.75, 3.05) is 13.1 Å². The molecule has 0 fully saturated rings. The second-order valence-corrected chi connectivity index (χ2v) is 6.75. The van der Waals surface area contributed by atoms with Crippen LogP contribution in [0, 0.1) is 0 Å². The predicted octanol–water partition coefficient (Wildman–Crippen LogP) is 3.85. The van der Waals surface area contributed by atoms with Crippen molar-refractivity contribution in [3.8, 4) is 0 Å². The second-order valence-electron chi connectivity index (χ2n) is 4.84.